The quantitative estimate of drug-likeness (QED) is 0.498. The first kappa shape index (κ1) is 10.8. The van der Waals surface area contributed by atoms with Crippen molar-refractivity contribution in [2.75, 3.05) is 0 Å². The highest BCUT2D eigenvalue weighted by Crippen LogP contribution is 2.04. The Morgan fingerprint density at radius 3 is 2.57 bits per heavy atom. The van der Waals surface area contributed by atoms with Crippen molar-refractivity contribution in [2.45, 2.75) is 32.1 Å². The van der Waals surface area contributed by atoms with Crippen LogP contribution in [0.1, 0.15) is 32.1 Å². The number of rotatable bonds is 0. The minimum Gasteiger partial charge on any atom is -0.112 e. The summed E-state index contributed by atoms with van der Waals surface area (Å²) in [5.74, 6) is 0. The van der Waals surface area contributed by atoms with Crippen molar-refractivity contribution in [1.29, 1.82) is 0 Å². The summed E-state index contributed by atoms with van der Waals surface area (Å²) in [4.78, 5) is 0. The smallest absolute Gasteiger partial charge is 0.0311 e. The van der Waals surface area contributed by atoms with Crippen LogP contribution in [0, 0.1) is 6.08 Å². The van der Waals surface area contributed by atoms with Crippen molar-refractivity contribution in [3.8, 4) is 0 Å². The molecule has 0 aromatic heterocycles. The summed E-state index contributed by atoms with van der Waals surface area (Å²) in [6.45, 7) is 0. The molecule has 0 unspecified atom stereocenters. The van der Waals surface area contributed by atoms with Gasteiger partial charge in [-0.15, -0.1) is 5.73 Å². The van der Waals surface area contributed by atoms with Gasteiger partial charge in [-0.1, -0.05) is 36.8 Å². The fourth-order valence-electron chi connectivity index (χ4n) is 1.28. The molecule has 0 saturated heterocycles. The van der Waals surface area contributed by atoms with Gasteiger partial charge in [0.1, 0.15) is 0 Å². The molecule has 0 aromatic rings. The minimum absolute atomic E-state index is 1.16. The van der Waals surface area contributed by atoms with Gasteiger partial charge in [-0.05, 0) is 37.8 Å². The van der Waals surface area contributed by atoms with Gasteiger partial charge < -0.3 is 0 Å². The summed E-state index contributed by atoms with van der Waals surface area (Å²) in [6, 6.07) is 0. The molecule has 0 heterocycles. The number of hydrogen-bond acceptors (Lipinski definition) is 0. The van der Waals surface area contributed by atoms with Gasteiger partial charge in [-0.3, -0.25) is 0 Å². The molecular formula is C14H17. The summed E-state index contributed by atoms with van der Waals surface area (Å²) in [5.41, 5.74) is 2.96. The van der Waals surface area contributed by atoms with E-state index < -0.39 is 0 Å². The van der Waals surface area contributed by atoms with Crippen LogP contribution in [0.5, 0.6) is 0 Å². The van der Waals surface area contributed by atoms with E-state index in [0.29, 0.717) is 0 Å². The molecule has 1 radical (unpaired) electrons. The molecule has 0 fully saturated rings. The fraction of sp³-hybridized carbons (Fsp3) is 0.357. The second-order valence-corrected chi connectivity index (χ2v) is 3.31. The maximum absolute atomic E-state index is 2.98. The maximum Gasteiger partial charge on any atom is 0.0311 e. The third-order valence-corrected chi connectivity index (χ3v) is 2.06. The van der Waals surface area contributed by atoms with Gasteiger partial charge >= 0.3 is 0 Å². The molecule has 1 aliphatic carbocycles. The minimum atomic E-state index is 1.16. The SMILES string of the molecule is [C]1=C=CC=CC=CCCCCCC=C1. The van der Waals surface area contributed by atoms with E-state index in [1.165, 1.54) is 25.7 Å². The van der Waals surface area contributed by atoms with Crippen LogP contribution in [0.25, 0.3) is 0 Å². The third-order valence-electron chi connectivity index (χ3n) is 2.06. The molecule has 0 heteroatoms. The molecule has 0 amide bonds. The van der Waals surface area contributed by atoms with E-state index in [1.54, 1.807) is 0 Å². The van der Waals surface area contributed by atoms with Gasteiger partial charge in [-0.25, -0.2) is 0 Å². The predicted molar refractivity (Wildman–Crippen MR) is 61.8 cm³/mol. The predicted octanol–water partition coefficient (Wildman–Crippen LogP) is 4.13. The topological polar surface area (TPSA) is 0 Å². The Morgan fingerprint density at radius 1 is 0.786 bits per heavy atom. The van der Waals surface area contributed by atoms with Gasteiger partial charge in [0.15, 0.2) is 0 Å². The van der Waals surface area contributed by atoms with Crippen LogP contribution in [0.3, 0.4) is 0 Å². The molecule has 0 aromatic carbocycles. The van der Waals surface area contributed by atoms with Crippen LogP contribution >= 0.6 is 0 Å². The van der Waals surface area contributed by atoms with Gasteiger partial charge in [0.05, 0.1) is 0 Å². The monoisotopic (exact) mass is 185 g/mol. The molecule has 0 bridgehead atoms. The lowest BCUT2D eigenvalue weighted by atomic mass is 10.1. The van der Waals surface area contributed by atoms with Crippen LogP contribution in [-0.4, -0.2) is 0 Å². The average Bonchev–Trinajstić information content (AvgIpc) is 2.22. The van der Waals surface area contributed by atoms with Crippen LogP contribution < -0.4 is 0 Å². The first-order valence-corrected chi connectivity index (χ1v) is 5.31. The Morgan fingerprint density at radius 2 is 1.64 bits per heavy atom. The van der Waals surface area contributed by atoms with Gasteiger partial charge in [0.2, 0.25) is 0 Å². The first-order chi connectivity index (χ1) is 7.00. The molecular weight excluding hydrogens is 168 g/mol. The molecule has 0 spiro atoms. The van der Waals surface area contributed by atoms with Gasteiger partial charge in [0, 0.05) is 6.08 Å². The third kappa shape index (κ3) is 6.28. The maximum atomic E-state index is 2.98. The van der Waals surface area contributed by atoms with E-state index >= 15 is 0 Å². The standard InChI is InChI=1S/C14H17/c1-2-4-6-8-10-12-14-13-11-9-7-5-3-1/h1-5,11,13H,6,8,10,12,14H2. The Kier molecular flexibility index (Phi) is 6.45. The Hall–Kier alpha value is -1.26. The zero-order valence-corrected chi connectivity index (χ0v) is 8.58. The van der Waals surface area contributed by atoms with Crippen molar-refractivity contribution in [2.24, 2.45) is 0 Å². The highest BCUT2D eigenvalue weighted by molar-refractivity contribution is 5.11. The number of allylic oxidation sites excluding steroid dienone is 7. The normalized spacial score (nSPS) is 18.3. The van der Waals surface area contributed by atoms with E-state index in [2.05, 4.69) is 30.0 Å². The highest BCUT2D eigenvalue weighted by atomic mass is 13.9. The van der Waals surface area contributed by atoms with E-state index in [9.17, 15) is 0 Å². The lowest BCUT2D eigenvalue weighted by molar-refractivity contribution is 0.696. The van der Waals surface area contributed by atoms with Crippen molar-refractivity contribution in [1.82, 2.24) is 0 Å². The van der Waals surface area contributed by atoms with E-state index in [0.717, 1.165) is 6.42 Å². The summed E-state index contributed by atoms with van der Waals surface area (Å²) >= 11 is 0. The summed E-state index contributed by atoms with van der Waals surface area (Å²) < 4.78 is 0. The molecule has 0 aliphatic heterocycles. The molecule has 0 N–H and O–H groups in total. The van der Waals surface area contributed by atoms with E-state index in [-0.39, 0.29) is 0 Å². The summed E-state index contributed by atoms with van der Waals surface area (Å²) in [5, 5.41) is 0. The lowest BCUT2D eigenvalue weighted by Gasteiger charge is -1.94. The van der Waals surface area contributed by atoms with E-state index in [4.69, 9.17) is 0 Å². The molecule has 1 aliphatic rings. The molecule has 0 atom stereocenters. The van der Waals surface area contributed by atoms with Crippen LogP contribution in [-0.2, 0) is 0 Å². The molecule has 0 saturated carbocycles. The van der Waals surface area contributed by atoms with Gasteiger partial charge in [-0.2, -0.15) is 0 Å². The molecule has 73 valence electrons. The second kappa shape index (κ2) is 8.34. The number of hydrogen-bond donors (Lipinski definition) is 0. The summed E-state index contributed by atoms with van der Waals surface area (Å²) in [7, 11) is 0. The average molecular weight is 185 g/mol. The Balaban J connectivity index is 2.48. The van der Waals surface area contributed by atoms with Crippen molar-refractivity contribution >= 4 is 0 Å². The molecule has 0 nitrogen and oxygen atoms in total. The largest absolute Gasteiger partial charge is 0.112 e. The Bertz CT molecular complexity index is 270. The van der Waals surface area contributed by atoms with Crippen LogP contribution in [0.15, 0.2) is 48.3 Å². The second-order valence-electron chi connectivity index (χ2n) is 3.31. The zero-order valence-electron chi connectivity index (χ0n) is 8.58. The van der Waals surface area contributed by atoms with Gasteiger partial charge in [0.25, 0.3) is 0 Å². The lowest BCUT2D eigenvalue weighted by Crippen LogP contribution is -1.74. The van der Waals surface area contributed by atoms with Crippen molar-refractivity contribution in [3.05, 3.63) is 54.3 Å². The fourth-order valence-corrected chi connectivity index (χ4v) is 1.28. The zero-order chi connectivity index (χ0) is 9.90. The van der Waals surface area contributed by atoms with Crippen LogP contribution in [0.4, 0.5) is 0 Å². The van der Waals surface area contributed by atoms with Crippen LogP contribution in [0.2, 0.25) is 0 Å². The van der Waals surface area contributed by atoms with Crippen molar-refractivity contribution < 1.29 is 0 Å². The first-order valence-electron chi connectivity index (χ1n) is 5.31. The highest BCUT2D eigenvalue weighted by Gasteiger charge is 1.84. The molecule has 14 heavy (non-hydrogen) atoms. The van der Waals surface area contributed by atoms with Crippen molar-refractivity contribution in [3.63, 3.8) is 0 Å². The molecule has 1 rings (SSSR count). The Labute approximate surface area is 87.0 Å². The summed E-state index contributed by atoms with van der Waals surface area (Å²) in [6.07, 6.45) is 23.5. The van der Waals surface area contributed by atoms with E-state index in [1.807, 2.05) is 24.3 Å².